The van der Waals surface area contributed by atoms with Gasteiger partial charge in [0, 0.05) is 36.1 Å². The van der Waals surface area contributed by atoms with Gasteiger partial charge >= 0.3 is 5.97 Å². The van der Waals surface area contributed by atoms with Gasteiger partial charge in [-0.1, -0.05) is 30.3 Å². The number of nitrogens with one attached hydrogen (secondary N) is 4. The van der Waals surface area contributed by atoms with E-state index in [9.17, 15) is 14.4 Å². The van der Waals surface area contributed by atoms with E-state index in [1.165, 1.54) is 7.11 Å². The minimum absolute atomic E-state index is 0. The Labute approximate surface area is 220 Å². The first-order chi connectivity index (χ1) is 17.4. The van der Waals surface area contributed by atoms with E-state index in [-0.39, 0.29) is 30.7 Å². The highest BCUT2D eigenvalue weighted by Gasteiger charge is 2.22. The molecule has 2 amide bonds. The summed E-state index contributed by atoms with van der Waals surface area (Å²) in [5, 5.41) is 16.2. The Balaban J connectivity index is 0.00000481. The zero-order valence-corrected chi connectivity index (χ0v) is 21.0. The summed E-state index contributed by atoms with van der Waals surface area (Å²) in [6.07, 6.45) is 2.26. The highest BCUT2D eigenvalue weighted by molar-refractivity contribution is 5.96. The van der Waals surface area contributed by atoms with Crippen LogP contribution in [0.3, 0.4) is 0 Å². The number of pyridine rings is 1. The number of carbonyl (C=O) groups excluding carboxylic acids is 3. The molecule has 0 aliphatic heterocycles. The molecular formula is C26H29ClN6O4. The van der Waals surface area contributed by atoms with E-state index in [2.05, 4.69) is 20.9 Å². The van der Waals surface area contributed by atoms with E-state index in [0.717, 1.165) is 5.69 Å². The Kier molecular flexibility index (Phi) is 11.1. The van der Waals surface area contributed by atoms with Crippen LogP contribution in [0.25, 0.3) is 0 Å². The van der Waals surface area contributed by atoms with Crippen LogP contribution in [0.2, 0.25) is 0 Å². The van der Waals surface area contributed by atoms with Gasteiger partial charge in [0.25, 0.3) is 0 Å². The number of amidine groups is 1. The van der Waals surface area contributed by atoms with E-state index in [4.69, 9.17) is 15.9 Å². The summed E-state index contributed by atoms with van der Waals surface area (Å²) in [6.45, 7) is 0.174. The summed E-state index contributed by atoms with van der Waals surface area (Å²) in [4.78, 5) is 41.4. The molecule has 0 aliphatic rings. The second-order valence-electron chi connectivity index (χ2n) is 7.82. The molecule has 37 heavy (non-hydrogen) atoms. The number of nitrogens with zero attached hydrogens (tertiary/aromatic N) is 1. The van der Waals surface area contributed by atoms with Crippen LogP contribution in [0.1, 0.15) is 33.2 Å². The van der Waals surface area contributed by atoms with Crippen molar-refractivity contribution in [3.8, 4) is 0 Å². The van der Waals surface area contributed by atoms with Gasteiger partial charge in [-0.2, -0.15) is 0 Å². The van der Waals surface area contributed by atoms with Crippen molar-refractivity contribution in [2.75, 3.05) is 25.5 Å². The Morgan fingerprint density at radius 2 is 1.76 bits per heavy atom. The molecule has 3 aromatic rings. The fourth-order valence-corrected chi connectivity index (χ4v) is 3.38. The number of nitrogen functional groups attached to an aromatic ring is 1. The standard InChI is InChI=1S/C26H28N6O4.ClH/c1-36-26(35)18-10-8-17(9-11-18)23(32-21-7-4-5-19(15-21)24(27)28)25(34)31-16-22(33)30-14-12-20-6-2-3-13-29-20;/h2-11,13,15,23,32H,12,14,16H2,1H3,(H3,27,28)(H,30,33)(H,31,34);1H. The number of methoxy groups -OCH3 is 1. The number of esters is 1. The first kappa shape index (κ1) is 28.8. The van der Waals surface area contributed by atoms with E-state index < -0.39 is 17.9 Å². The quantitative estimate of drug-likeness (QED) is 0.146. The maximum Gasteiger partial charge on any atom is 0.337 e. The largest absolute Gasteiger partial charge is 0.465 e. The molecule has 11 heteroatoms. The molecular weight excluding hydrogens is 496 g/mol. The van der Waals surface area contributed by atoms with Gasteiger partial charge in [0.1, 0.15) is 11.9 Å². The maximum absolute atomic E-state index is 13.1. The number of nitrogens with two attached hydrogens (primary N) is 1. The van der Waals surface area contributed by atoms with Crippen LogP contribution < -0.4 is 21.7 Å². The minimum atomic E-state index is -0.889. The third-order valence-corrected chi connectivity index (χ3v) is 5.26. The summed E-state index contributed by atoms with van der Waals surface area (Å²) >= 11 is 0. The van der Waals surface area contributed by atoms with Gasteiger partial charge in [-0.15, -0.1) is 12.4 Å². The van der Waals surface area contributed by atoms with Crippen LogP contribution in [-0.4, -0.2) is 48.8 Å². The third-order valence-electron chi connectivity index (χ3n) is 5.26. The molecule has 194 valence electrons. The van der Waals surface area contributed by atoms with Crippen molar-refractivity contribution in [2.24, 2.45) is 5.73 Å². The second-order valence-corrected chi connectivity index (χ2v) is 7.82. The predicted octanol–water partition coefficient (Wildman–Crippen LogP) is 2.20. The molecule has 1 atom stereocenters. The highest BCUT2D eigenvalue weighted by Crippen LogP contribution is 2.22. The molecule has 0 aliphatic carbocycles. The van der Waals surface area contributed by atoms with E-state index in [1.807, 2.05) is 18.2 Å². The molecule has 1 unspecified atom stereocenters. The average molecular weight is 525 g/mol. The predicted molar refractivity (Wildman–Crippen MR) is 143 cm³/mol. The average Bonchev–Trinajstić information content (AvgIpc) is 2.90. The Morgan fingerprint density at radius 1 is 1.00 bits per heavy atom. The van der Waals surface area contributed by atoms with E-state index >= 15 is 0 Å². The number of benzene rings is 2. The van der Waals surface area contributed by atoms with Crippen LogP contribution in [0.5, 0.6) is 0 Å². The number of rotatable bonds is 11. The number of halogens is 1. The number of hydrogen-bond donors (Lipinski definition) is 5. The molecule has 0 bridgehead atoms. The Morgan fingerprint density at radius 3 is 2.41 bits per heavy atom. The highest BCUT2D eigenvalue weighted by atomic mass is 35.5. The summed E-state index contributed by atoms with van der Waals surface area (Å²) in [5.41, 5.74) is 8.39. The second kappa shape index (κ2) is 14.2. The lowest BCUT2D eigenvalue weighted by molar-refractivity contribution is -0.126. The number of anilines is 1. The molecule has 0 fully saturated rings. The van der Waals surface area contributed by atoms with Gasteiger partial charge < -0.3 is 26.4 Å². The minimum Gasteiger partial charge on any atom is -0.465 e. The molecule has 6 N–H and O–H groups in total. The topological polar surface area (TPSA) is 159 Å². The van der Waals surface area contributed by atoms with Gasteiger partial charge in [-0.25, -0.2) is 4.79 Å². The monoisotopic (exact) mass is 524 g/mol. The molecule has 3 rings (SSSR count). The van der Waals surface area contributed by atoms with E-state index in [1.54, 1.807) is 54.7 Å². The van der Waals surface area contributed by atoms with Crippen LogP contribution in [0.15, 0.2) is 72.9 Å². The van der Waals surface area contributed by atoms with Crippen LogP contribution in [0, 0.1) is 5.41 Å². The molecule has 2 aromatic carbocycles. The fraction of sp³-hybridized carbons (Fsp3) is 0.192. The Hall–Kier alpha value is -4.44. The van der Waals surface area contributed by atoms with Crippen molar-refractivity contribution in [3.63, 3.8) is 0 Å². The number of carbonyl (C=O) groups is 3. The molecule has 0 saturated carbocycles. The van der Waals surface area contributed by atoms with Crippen molar-refractivity contribution in [1.82, 2.24) is 15.6 Å². The lowest BCUT2D eigenvalue weighted by Crippen LogP contribution is -2.41. The lowest BCUT2D eigenvalue weighted by Gasteiger charge is -2.20. The molecule has 0 saturated heterocycles. The first-order valence-electron chi connectivity index (χ1n) is 11.2. The molecule has 10 nitrogen and oxygen atoms in total. The van der Waals surface area contributed by atoms with Crippen molar-refractivity contribution in [3.05, 3.63) is 95.3 Å². The molecule has 1 aromatic heterocycles. The zero-order chi connectivity index (χ0) is 25.9. The van der Waals surface area contributed by atoms with Crippen molar-refractivity contribution in [1.29, 1.82) is 5.41 Å². The van der Waals surface area contributed by atoms with Crippen LogP contribution in [-0.2, 0) is 20.7 Å². The molecule has 0 radical (unpaired) electrons. The summed E-state index contributed by atoms with van der Waals surface area (Å²) < 4.78 is 4.73. The fourth-order valence-electron chi connectivity index (χ4n) is 3.38. The number of amides is 2. The van der Waals surface area contributed by atoms with Gasteiger partial charge in [-0.3, -0.25) is 20.0 Å². The smallest absolute Gasteiger partial charge is 0.337 e. The summed E-state index contributed by atoms with van der Waals surface area (Å²) in [7, 11) is 1.29. The molecule has 0 spiro atoms. The van der Waals surface area contributed by atoms with Gasteiger partial charge in [0.05, 0.1) is 19.2 Å². The van der Waals surface area contributed by atoms with Gasteiger partial charge in [-0.05, 0) is 42.0 Å². The first-order valence-corrected chi connectivity index (χ1v) is 11.2. The molecule has 1 heterocycles. The van der Waals surface area contributed by atoms with Gasteiger partial charge in [0.15, 0.2) is 0 Å². The van der Waals surface area contributed by atoms with Crippen LogP contribution in [0.4, 0.5) is 5.69 Å². The van der Waals surface area contributed by atoms with Gasteiger partial charge in [0.2, 0.25) is 11.8 Å². The zero-order valence-electron chi connectivity index (χ0n) is 20.2. The number of hydrogen-bond acceptors (Lipinski definition) is 7. The summed E-state index contributed by atoms with van der Waals surface area (Å²) in [6, 6.07) is 17.8. The normalized spacial score (nSPS) is 10.8. The maximum atomic E-state index is 13.1. The SMILES string of the molecule is COC(=O)c1ccc(C(Nc2cccc(C(=N)N)c2)C(=O)NCC(=O)NCCc2ccccn2)cc1.Cl. The van der Waals surface area contributed by atoms with Crippen molar-refractivity contribution in [2.45, 2.75) is 12.5 Å². The summed E-state index contributed by atoms with van der Waals surface area (Å²) in [5.74, 6) is -1.39. The Bertz CT molecular complexity index is 1220. The number of ether oxygens (including phenoxy) is 1. The third kappa shape index (κ3) is 8.62. The van der Waals surface area contributed by atoms with Crippen LogP contribution >= 0.6 is 12.4 Å². The van der Waals surface area contributed by atoms with Crippen molar-refractivity contribution < 1.29 is 19.1 Å². The van der Waals surface area contributed by atoms with Crippen molar-refractivity contribution >= 4 is 41.7 Å². The lowest BCUT2D eigenvalue weighted by atomic mass is 10.0. The van der Waals surface area contributed by atoms with E-state index in [0.29, 0.717) is 35.3 Å². The number of aromatic nitrogens is 1.